The SMILES string of the molecule is O=S(=O)(NC1C2CCC1Cc1cc(/C=C/CN3CCN(c4ccccc4)CC3)ccc1C2)c1ccc(Cl)s1. The van der Waals surface area contributed by atoms with E-state index in [1.54, 1.807) is 12.1 Å². The van der Waals surface area contributed by atoms with Crippen LogP contribution in [0, 0.1) is 11.8 Å². The van der Waals surface area contributed by atoms with Crippen LogP contribution in [0.2, 0.25) is 4.34 Å². The number of hydrogen-bond donors (Lipinski definition) is 1. The normalized spacial score (nSPS) is 24.0. The predicted octanol–water partition coefficient (Wildman–Crippen LogP) is 5.71. The number of hydrogen-bond acceptors (Lipinski definition) is 5. The first-order chi connectivity index (χ1) is 18.4. The van der Waals surface area contributed by atoms with E-state index in [4.69, 9.17) is 11.6 Å². The molecule has 200 valence electrons. The smallest absolute Gasteiger partial charge is 0.250 e. The Bertz CT molecular complexity index is 1400. The van der Waals surface area contributed by atoms with Gasteiger partial charge in [-0.15, -0.1) is 11.3 Å². The number of fused-ring (bicyclic) bond motifs is 3. The Labute approximate surface area is 235 Å². The van der Waals surface area contributed by atoms with Gasteiger partial charge in [0.1, 0.15) is 4.21 Å². The van der Waals surface area contributed by atoms with E-state index in [1.807, 2.05) is 0 Å². The lowest BCUT2D eigenvalue weighted by Gasteiger charge is -2.35. The zero-order chi connectivity index (χ0) is 26.1. The van der Waals surface area contributed by atoms with Crippen molar-refractivity contribution >= 4 is 44.7 Å². The molecule has 1 saturated carbocycles. The second kappa shape index (κ2) is 11.1. The molecule has 1 aromatic heterocycles. The molecular weight excluding hydrogens is 534 g/mol. The minimum Gasteiger partial charge on any atom is -0.369 e. The van der Waals surface area contributed by atoms with E-state index in [9.17, 15) is 8.42 Å². The number of halogens is 1. The summed E-state index contributed by atoms with van der Waals surface area (Å²) >= 11 is 7.12. The quantitative estimate of drug-likeness (QED) is 0.397. The molecule has 2 fully saturated rings. The lowest BCUT2D eigenvalue weighted by atomic mass is 9.92. The zero-order valence-corrected chi connectivity index (χ0v) is 23.8. The van der Waals surface area contributed by atoms with Crippen molar-refractivity contribution in [2.45, 2.75) is 35.9 Å². The first-order valence-corrected chi connectivity index (χ1v) is 16.2. The van der Waals surface area contributed by atoms with Crippen LogP contribution in [0.5, 0.6) is 0 Å². The van der Waals surface area contributed by atoms with Gasteiger partial charge >= 0.3 is 0 Å². The molecule has 3 atom stereocenters. The molecule has 38 heavy (non-hydrogen) atoms. The topological polar surface area (TPSA) is 52.7 Å². The summed E-state index contributed by atoms with van der Waals surface area (Å²) in [6.07, 6.45) is 8.52. The van der Waals surface area contributed by atoms with Crippen LogP contribution in [0.25, 0.3) is 6.08 Å². The summed E-state index contributed by atoms with van der Waals surface area (Å²) in [7, 11) is -3.55. The molecule has 1 aliphatic heterocycles. The van der Waals surface area contributed by atoms with Gasteiger partial charge in [0, 0.05) is 44.5 Å². The summed E-state index contributed by atoms with van der Waals surface area (Å²) in [5.74, 6) is 0.661. The van der Waals surface area contributed by atoms with E-state index in [-0.39, 0.29) is 6.04 Å². The lowest BCUT2D eigenvalue weighted by molar-refractivity contribution is 0.284. The molecule has 8 heteroatoms. The summed E-state index contributed by atoms with van der Waals surface area (Å²) in [6, 6.07) is 20.7. The van der Waals surface area contributed by atoms with Gasteiger partial charge in [0.15, 0.2) is 0 Å². The van der Waals surface area contributed by atoms with Gasteiger partial charge in [-0.1, -0.05) is 60.2 Å². The van der Waals surface area contributed by atoms with Crippen LogP contribution in [0.15, 0.2) is 70.9 Å². The molecule has 0 spiro atoms. The molecular formula is C30H34ClN3O2S2. The van der Waals surface area contributed by atoms with Gasteiger partial charge in [0.25, 0.3) is 0 Å². The fourth-order valence-corrected chi connectivity index (χ4v) is 9.24. The van der Waals surface area contributed by atoms with Crippen molar-refractivity contribution in [3.8, 4) is 0 Å². The van der Waals surface area contributed by atoms with Crippen LogP contribution < -0.4 is 9.62 Å². The van der Waals surface area contributed by atoms with E-state index in [1.165, 1.54) is 22.4 Å². The van der Waals surface area contributed by atoms with E-state index in [0.29, 0.717) is 20.4 Å². The highest BCUT2D eigenvalue weighted by Crippen LogP contribution is 2.41. The minimum absolute atomic E-state index is 0.0261. The summed E-state index contributed by atoms with van der Waals surface area (Å²) in [4.78, 5) is 4.97. The summed E-state index contributed by atoms with van der Waals surface area (Å²) in [5, 5.41) is 0. The Morgan fingerprint density at radius 3 is 2.37 bits per heavy atom. The average Bonchev–Trinajstić information content (AvgIpc) is 3.48. The van der Waals surface area contributed by atoms with Gasteiger partial charge in [-0.3, -0.25) is 4.90 Å². The third-order valence-electron chi connectivity index (χ3n) is 8.39. The highest BCUT2D eigenvalue weighted by atomic mass is 35.5. The number of nitrogens with zero attached hydrogens (tertiary/aromatic N) is 2. The lowest BCUT2D eigenvalue weighted by Crippen LogP contribution is -2.46. The van der Waals surface area contributed by atoms with E-state index in [0.717, 1.165) is 69.7 Å². The number of benzene rings is 2. The van der Waals surface area contributed by atoms with E-state index in [2.05, 4.69) is 75.2 Å². The summed E-state index contributed by atoms with van der Waals surface area (Å²) in [5.41, 5.74) is 5.29. The molecule has 5 nitrogen and oxygen atoms in total. The van der Waals surface area contributed by atoms with Crippen LogP contribution in [-0.4, -0.2) is 52.1 Å². The number of thiophene rings is 1. The molecule has 2 bridgehead atoms. The molecule has 2 heterocycles. The maximum absolute atomic E-state index is 13.0. The van der Waals surface area contributed by atoms with Gasteiger partial charge < -0.3 is 4.90 Å². The Kier molecular flexibility index (Phi) is 7.65. The Hall–Kier alpha value is -2.16. The van der Waals surface area contributed by atoms with E-state index < -0.39 is 10.0 Å². The molecule has 3 unspecified atom stereocenters. The minimum atomic E-state index is -3.55. The molecule has 1 saturated heterocycles. The van der Waals surface area contributed by atoms with Crippen LogP contribution in [0.4, 0.5) is 5.69 Å². The van der Waals surface area contributed by atoms with Crippen molar-refractivity contribution < 1.29 is 8.42 Å². The van der Waals surface area contributed by atoms with Crippen molar-refractivity contribution in [2.75, 3.05) is 37.6 Å². The van der Waals surface area contributed by atoms with Crippen molar-refractivity contribution in [1.82, 2.24) is 9.62 Å². The van der Waals surface area contributed by atoms with Gasteiger partial charge in [-0.05, 0) is 78.5 Å². The van der Waals surface area contributed by atoms with Gasteiger partial charge in [0.05, 0.1) is 4.34 Å². The second-order valence-electron chi connectivity index (χ2n) is 10.8. The van der Waals surface area contributed by atoms with Crippen molar-refractivity contribution in [2.24, 2.45) is 11.8 Å². The maximum atomic E-state index is 13.0. The molecule has 2 aromatic carbocycles. The number of rotatable bonds is 7. The molecule has 6 rings (SSSR count). The van der Waals surface area contributed by atoms with Crippen LogP contribution in [-0.2, 0) is 22.9 Å². The Morgan fingerprint density at radius 2 is 1.66 bits per heavy atom. The Balaban J connectivity index is 1.07. The van der Waals surface area contributed by atoms with E-state index >= 15 is 0 Å². The fraction of sp³-hybridized carbons (Fsp3) is 0.400. The largest absolute Gasteiger partial charge is 0.369 e. The number of nitrogens with one attached hydrogen (secondary N) is 1. The third-order valence-corrected chi connectivity index (χ3v) is 11.6. The van der Waals surface area contributed by atoms with Gasteiger partial charge in [-0.2, -0.15) is 0 Å². The van der Waals surface area contributed by atoms with Gasteiger partial charge in [-0.25, -0.2) is 13.1 Å². The summed E-state index contributed by atoms with van der Waals surface area (Å²) < 4.78 is 29.9. The fourth-order valence-electron chi connectivity index (χ4n) is 6.37. The Morgan fingerprint density at radius 1 is 0.921 bits per heavy atom. The number of sulfonamides is 1. The van der Waals surface area contributed by atoms with Crippen molar-refractivity contribution in [1.29, 1.82) is 0 Å². The van der Waals surface area contributed by atoms with Crippen LogP contribution >= 0.6 is 22.9 Å². The van der Waals surface area contributed by atoms with Gasteiger partial charge in [0.2, 0.25) is 10.0 Å². The predicted molar refractivity (Wildman–Crippen MR) is 158 cm³/mol. The molecule has 2 aliphatic carbocycles. The molecule has 0 amide bonds. The highest BCUT2D eigenvalue weighted by Gasteiger charge is 2.41. The van der Waals surface area contributed by atoms with Crippen molar-refractivity contribution in [3.63, 3.8) is 0 Å². The maximum Gasteiger partial charge on any atom is 0.250 e. The average molecular weight is 568 g/mol. The standard InChI is InChI=1S/C30H34ClN3O2S2/c31-28-12-13-29(37-28)38(35,36)32-30-24-10-11-25(30)21-26-19-22(8-9-23(26)20-24)5-4-14-33-15-17-34(18-16-33)27-6-2-1-3-7-27/h1-9,12-13,19,24-25,30,32H,10-11,14-18,20-21H2/b5-4+. The molecule has 3 aromatic rings. The highest BCUT2D eigenvalue weighted by molar-refractivity contribution is 7.91. The molecule has 0 radical (unpaired) electrons. The first-order valence-electron chi connectivity index (χ1n) is 13.5. The second-order valence-corrected chi connectivity index (χ2v) is 14.4. The van der Waals surface area contributed by atoms with Crippen molar-refractivity contribution in [3.05, 3.63) is 87.8 Å². The van der Waals surface area contributed by atoms with Crippen LogP contribution in [0.1, 0.15) is 29.5 Å². The molecule has 3 aliphatic rings. The van der Waals surface area contributed by atoms with Crippen LogP contribution in [0.3, 0.4) is 0 Å². The summed E-state index contributed by atoms with van der Waals surface area (Å²) in [6.45, 7) is 5.22. The first kappa shape index (κ1) is 26.1. The monoisotopic (exact) mass is 567 g/mol. The molecule has 1 N–H and O–H groups in total. The number of piperazine rings is 1. The zero-order valence-electron chi connectivity index (χ0n) is 21.4. The number of anilines is 1. The number of para-hydroxylation sites is 1. The third kappa shape index (κ3) is 5.73.